The summed E-state index contributed by atoms with van der Waals surface area (Å²) in [5, 5.41) is 0. The molecule has 0 saturated heterocycles. The average molecular weight is 257 g/mol. The van der Waals surface area contributed by atoms with E-state index in [0.29, 0.717) is 12.6 Å². The highest BCUT2D eigenvalue weighted by molar-refractivity contribution is 5.30. The van der Waals surface area contributed by atoms with Gasteiger partial charge < -0.3 is 15.0 Å². The van der Waals surface area contributed by atoms with Crippen LogP contribution in [0.4, 0.5) is 0 Å². The molecule has 1 unspecified atom stereocenters. The molecular formula is C15H19N3O. The van der Waals surface area contributed by atoms with Gasteiger partial charge in [0, 0.05) is 12.1 Å². The molecule has 1 aliphatic rings. The minimum absolute atomic E-state index is 0.0283. The lowest BCUT2D eigenvalue weighted by molar-refractivity contribution is 0.294. The third-order valence-electron chi connectivity index (χ3n) is 3.46. The van der Waals surface area contributed by atoms with E-state index in [-0.39, 0.29) is 6.04 Å². The predicted octanol–water partition coefficient (Wildman–Crippen LogP) is 2.82. The van der Waals surface area contributed by atoms with Crippen molar-refractivity contribution in [2.45, 2.75) is 38.5 Å². The summed E-state index contributed by atoms with van der Waals surface area (Å²) >= 11 is 0. The first-order valence-corrected chi connectivity index (χ1v) is 6.73. The summed E-state index contributed by atoms with van der Waals surface area (Å²) in [5.74, 6) is 0.860. The van der Waals surface area contributed by atoms with E-state index in [4.69, 9.17) is 10.5 Å². The Balaban J connectivity index is 1.68. The average Bonchev–Trinajstić information content (AvgIpc) is 3.16. The largest absolute Gasteiger partial charge is 0.487 e. The fourth-order valence-electron chi connectivity index (χ4n) is 2.17. The Morgan fingerprint density at radius 3 is 3.05 bits per heavy atom. The highest BCUT2D eigenvalue weighted by Gasteiger charge is 2.25. The first-order chi connectivity index (χ1) is 9.24. The van der Waals surface area contributed by atoms with E-state index in [9.17, 15) is 0 Å². The molecule has 19 heavy (non-hydrogen) atoms. The van der Waals surface area contributed by atoms with E-state index in [2.05, 4.69) is 9.55 Å². The molecule has 0 radical (unpaired) electrons. The van der Waals surface area contributed by atoms with Crippen LogP contribution in [0.2, 0.25) is 0 Å². The summed E-state index contributed by atoms with van der Waals surface area (Å²) in [6.07, 6.45) is 6.29. The molecule has 1 aliphatic carbocycles. The van der Waals surface area contributed by atoms with Crippen LogP contribution in [0.5, 0.6) is 5.75 Å². The van der Waals surface area contributed by atoms with Gasteiger partial charge >= 0.3 is 0 Å². The van der Waals surface area contributed by atoms with Crippen molar-refractivity contribution in [2.75, 3.05) is 0 Å². The van der Waals surface area contributed by atoms with Crippen LogP contribution in [0.3, 0.4) is 0 Å². The molecule has 1 fully saturated rings. The number of imidazole rings is 1. The Bertz CT molecular complexity index is 558. The first-order valence-electron chi connectivity index (χ1n) is 6.73. The number of nitrogens with zero attached hydrogens (tertiary/aromatic N) is 2. The van der Waals surface area contributed by atoms with Gasteiger partial charge in [0.15, 0.2) is 0 Å². The summed E-state index contributed by atoms with van der Waals surface area (Å²) < 4.78 is 8.06. The van der Waals surface area contributed by atoms with Crippen molar-refractivity contribution in [3.8, 4) is 5.75 Å². The van der Waals surface area contributed by atoms with E-state index in [1.807, 2.05) is 43.7 Å². The van der Waals surface area contributed by atoms with Crippen molar-refractivity contribution in [1.29, 1.82) is 0 Å². The van der Waals surface area contributed by atoms with Gasteiger partial charge in [0.1, 0.15) is 12.4 Å². The van der Waals surface area contributed by atoms with Gasteiger partial charge in [-0.2, -0.15) is 0 Å². The minimum atomic E-state index is 0.0283. The molecule has 0 aliphatic heterocycles. The van der Waals surface area contributed by atoms with Gasteiger partial charge in [0.05, 0.1) is 18.2 Å². The van der Waals surface area contributed by atoms with Gasteiger partial charge in [-0.15, -0.1) is 0 Å². The maximum Gasteiger partial charge on any atom is 0.130 e. The van der Waals surface area contributed by atoms with Gasteiger partial charge in [0.2, 0.25) is 0 Å². The molecule has 1 aromatic heterocycles. The zero-order valence-electron chi connectivity index (χ0n) is 11.1. The molecule has 100 valence electrons. The topological polar surface area (TPSA) is 53.1 Å². The summed E-state index contributed by atoms with van der Waals surface area (Å²) in [7, 11) is 0. The number of rotatable bonds is 5. The summed E-state index contributed by atoms with van der Waals surface area (Å²) in [6.45, 7) is 2.53. The molecular weight excluding hydrogens is 238 g/mol. The molecule has 4 heteroatoms. The lowest BCUT2D eigenvalue weighted by Gasteiger charge is -2.11. The Labute approximate surface area is 113 Å². The number of nitrogens with two attached hydrogens (primary N) is 1. The molecule has 1 atom stereocenters. The standard InChI is InChI=1S/C15H19N3O/c1-11(16)12-3-2-4-15(7-12)19-9-14-8-17-10-18(14)13-5-6-13/h2-4,7-8,10-11,13H,5-6,9,16H2,1H3. The number of benzene rings is 1. The zero-order chi connectivity index (χ0) is 13.2. The van der Waals surface area contributed by atoms with Crippen LogP contribution in [0.15, 0.2) is 36.8 Å². The highest BCUT2D eigenvalue weighted by Crippen LogP contribution is 2.35. The van der Waals surface area contributed by atoms with E-state index in [1.165, 1.54) is 12.8 Å². The number of aromatic nitrogens is 2. The monoisotopic (exact) mass is 257 g/mol. The van der Waals surface area contributed by atoms with Crippen molar-refractivity contribution in [2.24, 2.45) is 5.73 Å². The maximum absolute atomic E-state index is 5.88. The van der Waals surface area contributed by atoms with Crippen LogP contribution in [-0.2, 0) is 6.61 Å². The second kappa shape index (κ2) is 5.05. The molecule has 1 aromatic carbocycles. The van der Waals surface area contributed by atoms with Crippen molar-refractivity contribution < 1.29 is 4.74 Å². The van der Waals surface area contributed by atoms with Crippen molar-refractivity contribution in [1.82, 2.24) is 9.55 Å². The second-order valence-corrected chi connectivity index (χ2v) is 5.17. The van der Waals surface area contributed by atoms with Crippen LogP contribution in [-0.4, -0.2) is 9.55 Å². The van der Waals surface area contributed by atoms with Crippen LogP contribution in [0, 0.1) is 0 Å². The van der Waals surface area contributed by atoms with Crippen molar-refractivity contribution in [3.63, 3.8) is 0 Å². The smallest absolute Gasteiger partial charge is 0.130 e. The van der Waals surface area contributed by atoms with Gasteiger partial charge in [-0.1, -0.05) is 12.1 Å². The molecule has 0 spiro atoms. The Morgan fingerprint density at radius 1 is 1.47 bits per heavy atom. The van der Waals surface area contributed by atoms with Crippen LogP contribution in [0.1, 0.15) is 43.1 Å². The number of hydrogen-bond acceptors (Lipinski definition) is 3. The number of ether oxygens (including phenoxy) is 1. The molecule has 0 amide bonds. The second-order valence-electron chi connectivity index (χ2n) is 5.17. The van der Waals surface area contributed by atoms with E-state index in [1.54, 1.807) is 0 Å². The molecule has 2 N–H and O–H groups in total. The molecule has 4 nitrogen and oxygen atoms in total. The molecule has 0 bridgehead atoms. The van der Waals surface area contributed by atoms with Crippen LogP contribution >= 0.6 is 0 Å². The molecule has 1 heterocycles. The van der Waals surface area contributed by atoms with Gasteiger partial charge in [-0.3, -0.25) is 0 Å². The van der Waals surface area contributed by atoms with Crippen LogP contribution in [0.25, 0.3) is 0 Å². The number of hydrogen-bond donors (Lipinski definition) is 1. The summed E-state index contributed by atoms with van der Waals surface area (Å²) in [5.41, 5.74) is 8.10. The highest BCUT2D eigenvalue weighted by atomic mass is 16.5. The fourth-order valence-corrected chi connectivity index (χ4v) is 2.17. The Morgan fingerprint density at radius 2 is 2.32 bits per heavy atom. The minimum Gasteiger partial charge on any atom is -0.487 e. The lowest BCUT2D eigenvalue weighted by Crippen LogP contribution is -2.06. The van der Waals surface area contributed by atoms with Crippen molar-refractivity contribution >= 4 is 0 Å². The third-order valence-corrected chi connectivity index (χ3v) is 3.46. The summed E-state index contributed by atoms with van der Waals surface area (Å²) in [6, 6.07) is 8.63. The van der Waals surface area contributed by atoms with E-state index in [0.717, 1.165) is 17.0 Å². The Hall–Kier alpha value is -1.81. The van der Waals surface area contributed by atoms with E-state index >= 15 is 0 Å². The van der Waals surface area contributed by atoms with E-state index < -0.39 is 0 Å². The first kappa shape index (κ1) is 12.2. The zero-order valence-corrected chi connectivity index (χ0v) is 11.1. The van der Waals surface area contributed by atoms with Crippen molar-refractivity contribution in [3.05, 3.63) is 48.0 Å². The molecule has 2 aromatic rings. The maximum atomic E-state index is 5.88. The summed E-state index contributed by atoms with van der Waals surface area (Å²) in [4.78, 5) is 4.20. The molecule has 1 saturated carbocycles. The van der Waals surface area contributed by atoms with Gasteiger partial charge in [-0.25, -0.2) is 4.98 Å². The fraction of sp³-hybridized carbons (Fsp3) is 0.400. The predicted molar refractivity (Wildman–Crippen MR) is 73.9 cm³/mol. The van der Waals surface area contributed by atoms with Gasteiger partial charge in [-0.05, 0) is 37.5 Å². The SMILES string of the molecule is CC(N)c1cccc(OCc2cncn2C2CC2)c1. The lowest BCUT2D eigenvalue weighted by atomic mass is 10.1. The van der Waals surface area contributed by atoms with Crippen LogP contribution < -0.4 is 10.5 Å². The normalized spacial score (nSPS) is 16.3. The Kier molecular flexibility index (Phi) is 3.25. The quantitative estimate of drug-likeness (QED) is 0.896. The van der Waals surface area contributed by atoms with Gasteiger partial charge in [0.25, 0.3) is 0 Å². The third kappa shape index (κ3) is 2.79. The molecule has 3 rings (SSSR count).